The van der Waals surface area contributed by atoms with E-state index in [-0.39, 0.29) is 144 Å². The number of hydrogen-bond acceptors (Lipinski definition) is 20. The smallest absolute Gasteiger partial charge is 0.277 e. The van der Waals surface area contributed by atoms with Gasteiger partial charge in [0, 0.05) is 169 Å². The molecule has 0 spiro atoms. The second-order valence-corrected chi connectivity index (χ2v) is 47.0. The molecule has 2 amide bonds. The highest BCUT2D eigenvalue weighted by molar-refractivity contribution is 14.0. The number of benzene rings is 6. The molecule has 7 heterocycles. The Labute approximate surface area is 866 Å². The number of amides is 2. The van der Waals surface area contributed by atoms with E-state index in [4.69, 9.17) is 34.9 Å². The number of hydrogen-bond donors (Lipinski definition) is 4. The largest absolute Gasteiger partial charge is 0.413 e. The van der Waals surface area contributed by atoms with Crippen LogP contribution in [-0.4, -0.2) is 133 Å². The molecule has 0 saturated carbocycles. The first-order valence-electron chi connectivity index (χ1n) is 41.6. The summed E-state index contributed by atoms with van der Waals surface area (Å²) in [4.78, 5) is 115. The van der Waals surface area contributed by atoms with Crippen LogP contribution >= 0.6 is 88.8 Å². The van der Waals surface area contributed by atoms with Crippen molar-refractivity contribution in [2.24, 2.45) is 0 Å². The van der Waals surface area contributed by atoms with Gasteiger partial charge in [0.2, 0.25) is 15.1 Å². The summed E-state index contributed by atoms with van der Waals surface area (Å²) >= 11 is 12.3. The van der Waals surface area contributed by atoms with Gasteiger partial charge in [-0.2, -0.15) is 0 Å². The highest BCUT2D eigenvalue weighted by atomic mass is 127. The number of pyridine rings is 7. The normalized spacial score (nSPS) is 10.8. The lowest BCUT2D eigenvalue weighted by atomic mass is 10.0. The molecule has 0 aliphatic carbocycles. The Morgan fingerprint density at radius 1 is 0.479 bits per heavy atom. The van der Waals surface area contributed by atoms with Crippen molar-refractivity contribution < 1.29 is 85.0 Å². The van der Waals surface area contributed by atoms with Gasteiger partial charge in [-0.15, -0.1) is 35.6 Å². The number of alkyl halides is 1. The van der Waals surface area contributed by atoms with Gasteiger partial charge in [-0.3, -0.25) is 73.0 Å². The zero-order valence-corrected chi connectivity index (χ0v) is 88.4. The molecule has 1 atom stereocenters. The van der Waals surface area contributed by atoms with Crippen molar-refractivity contribution in [2.45, 2.75) is 144 Å². The third-order valence-electron chi connectivity index (χ3n) is 20.8. The van der Waals surface area contributed by atoms with E-state index in [9.17, 15) is 55.5 Å². The first-order valence-corrected chi connectivity index (χ1v) is 52.4. The highest BCUT2D eigenvalue weighted by Gasteiger charge is 2.38. The summed E-state index contributed by atoms with van der Waals surface area (Å²) in [5, 5.41) is 24.5. The fraction of sp³-hybridized carbons (Fsp3) is 0.245. The maximum Gasteiger partial charge on any atom is 0.277 e. The van der Waals surface area contributed by atoms with Crippen molar-refractivity contribution in [3.8, 4) is 11.3 Å². The lowest BCUT2D eigenvalue weighted by molar-refractivity contribution is -0.117. The second-order valence-electron chi connectivity index (χ2n) is 32.8. The van der Waals surface area contributed by atoms with E-state index < -0.39 is 37.7 Å². The van der Waals surface area contributed by atoms with Crippen LogP contribution in [0.5, 0.6) is 0 Å². The molecule has 23 nitrogen and oxygen atoms in total. The Bertz CT molecular complexity index is 6110. The maximum absolute atomic E-state index is 13.5. The molecule has 7 aromatic heterocycles. The lowest BCUT2D eigenvalue weighted by Crippen LogP contribution is -2.40. The van der Waals surface area contributed by atoms with Gasteiger partial charge < -0.3 is 34.3 Å². The topological polar surface area (TPSA) is 314 Å². The predicted molar refractivity (Wildman–Crippen MR) is 567 cm³/mol. The molecule has 0 fully saturated rings. The van der Waals surface area contributed by atoms with Crippen LogP contribution in [0.3, 0.4) is 0 Å². The third kappa shape index (κ3) is 41.8. The van der Waals surface area contributed by atoms with Gasteiger partial charge in [-0.1, -0.05) is 86.7 Å². The van der Waals surface area contributed by atoms with Gasteiger partial charge in [0.05, 0.1) is 51.8 Å². The molecule has 38 heteroatoms. The second kappa shape index (κ2) is 61.9. The molecule has 0 bridgehead atoms. The minimum Gasteiger partial charge on any atom is -0.413 e. The molecule has 0 aliphatic heterocycles. The first-order chi connectivity index (χ1) is 64.3. The summed E-state index contributed by atoms with van der Waals surface area (Å²) in [7, 11) is 8.40. The summed E-state index contributed by atoms with van der Waals surface area (Å²) in [6, 6.07) is 49.7. The Hall–Kier alpha value is -10.7. The van der Waals surface area contributed by atoms with Crippen LogP contribution < -0.4 is 16.2 Å². The van der Waals surface area contributed by atoms with Gasteiger partial charge >= 0.3 is 0 Å². The summed E-state index contributed by atoms with van der Waals surface area (Å²) in [5.41, 5.74) is 9.64. The number of nitrogens with one attached hydrogen (secondary N) is 2. The zero-order chi connectivity index (χ0) is 101. The molecule has 750 valence electrons. The summed E-state index contributed by atoms with van der Waals surface area (Å²) < 4.78 is 89.0. The SMILES string of the molecule is C.C.CC(C)(C)[Si](C)(C)OCc1cncc(Br)c1.CC(C)(C)[Si](C)(C)OCc1cncc(C(=O)c2ccc(F)cc2)c1.CN[C@@H](C)C(=O)Nc1ccc(-c2ccccc2)n(Cc2cncc(C(=O)c3ccc(F)cc3)c2)c1=O.CON(C)C(=O)c1ccc(F)cc1.F.I.O=C(c1ccc(F)cc1)c1cncc(CCl)c1.O=C(c1ccc(F)cc1)c1cncc(CO)c1.O=S(Cl)Cl.OCc1cncc(Br)c1.[HH]. The predicted octanol–water partition coefficient (Wildman–Crippen LogP) is 24.5. The number of ketones is 4. The average Bonchev–Trinajstić information content (AvgIpc) is 0.805. The number of rotatable bonds is 25. The number of aliphatic hydroxyl groups excluding tert-OH is 2. The number of hydroxylamine groups is 2. The number of likely N-dealkylation sites (N-methyl/N-ethyl adjacent to an activating group) is 1. The van der Waals surface area contributed by atoms with Crippen molar-refractivity contribution in [3.05, 3.63) is 406 Å². The van der Waals surface area contributed by atoms with E-state index in [1.165, 1.54) is 171 Å². The number of halogens is 12. The lowest BCUT2D eigenvalue weighted by Gasteiger charge is -2.36. The van der Waals surface area contributed by atoms with E-state index in [0.29, 0.717) is 86.0 Å². The Balaban J connectivity index is 0.000000843. The van der Waals surface area contributed by atoms with Crippen LogP contribution in [0, 0.1) is 29.1 Å². The van der Waals surface area contributed by atoms with Crippen molar-refractivity contribution >= 4 is 155 Å². The van der Waals surface area contributed by atoms with E-state index >= 15 is 0 Å². The monoisotopic (exact) mass is 2280 g/mol. The van der Waals surface area contributed by atoms with E-state index in [2.05, 4.69) is 172 Å². The van der Waals surface area contributed by atoms with E-state index in [1.807, 2.05) is 42.6 Å². The fourth-order valence-corrected chi connectivity index (χ4v) is 13.9. The number of aromatic nitrogens is 7. The van der Waals surface area contributed by atoms with Crippen molar-refractivity contribution in [3.63, 3.8) is 0 Å². The van der Waals surface area contributed by atoms with Gasteiger partial charge in [0.25, 0.3) is 11.5 Å². The molecule has 13 rings (SSSR count). The van der Waals surface area contributed by atoms with Gasteiger partial charge in [-0.05, 0) is 291 Å². The molecular formula is C102H116Br2Cl3F6IN10O13SSi2. The number of aliphatic hydroxyl groups is 2. The van der Waals surface area contributed by atoms with Gasteiger partial charge in [0.15, 0.2) is 39.8 Å². The van der Waals surface area contributed by atoms with Gasteiger partial charge in [0.1, 0.15) is 34.8 Å². The van der Waals surface area contributed by atoms with Crippen molar-refractivity contribution in [1.82, 2.24) is 44.9 Å². The minimum absolute atomic E-state index is 0. The number of nitrogens with zero attached hydrogens (tertiary/aromatic N) is 8. The molecule has 0 radical (unpaired) electrons. The standard InChI is InChI=1S/C28H25FN4O3.C19H24FNO2Si.C13H9ClFNO.C13H10FNO2.C12H20BrNOSi.C9H10FNO2.C6H6BrNO.2CH4.Cl2OS.FH.HI.H2/c1-18(30-2)27(35)32-24-12-13-25(20-6-4-3-5-7-20)33(28(24)36)17-19-14-22(16-31-15-19)26(34)21-8-10-23(29)11-9-21;1-19(2,3)24(4,5)23-13-14-10-16(12-21-11-14)18(22)15-6-8-17(20)9-7-15;14-6-9-5-11(8-16-7-9)13(17)10-1-3-12(15)4-2-10;14-12-3-1-10(2-4-12)13(17)11-5-9(8-16)6-15-7-11;1-12(2,3)16(4,5)15-9-10-6-11(13)8-14-7-10;1-11(13-2)9(12)7-3-5-8(10)6-4-7;7-6-1-5(4-9)2-8-3-6;;;1-4(2)3;;;/h3-16,18,30H,17H2,1-2H3,(H,32,35);6-12H,13H2,1-5H3;1-5,7-8H,6H2;1-7,16H,8H2;6-8H,9H2,1-5H3;3-6H,1-2H3;1-3,9H,4H2;2*1H4;;3*1H/t18-;;;;;;;;;;;;/m0............/s1. The third-order valence-corrected chi connectivity index (χ3v) is 31.0. The molecule has 4 N–H and O–H groups in total. The Kier molecular flexibility index (Phi) is 55.4. The summed E-state index contributed by atoms with van der Waals surface area (Å²) in [5.74, 6) is -3.14. The van der Waals surface area contributed by atoms with E-state index in [0.717, 1.165) is 41.8 Å². The Morgan fingerprint density at radius 3 is 1.11 bits per heavy atom. The number of carbonyl (C=O) groups excluding carboxylic acids is 6. The van der Waals surface area contributed by atoms with Crippen LogP contribution in [0.2, 0.25) is 36.3 Å². The highest BCUT2D eigenvalue weighted by Crippen LogP contribution is 2.39. The van der Waals surface area contributed by atoms with Crippen LogP contribution in [0.25, 0.3) is 11.3 Å². The summed E-state index contributed by atoms with van der Waals surface area (Å²) in [6.45, 7) is 25.0. The Morgan fingerprint density at radius 2 is 0.779 bits per heavy atom. The zero-order valence-electron chi connectivity index (χ0n) is 77.8. The van der Waals surface area contributed by atoms with E-state index in [1.54, 1.807) is 87.6 Å². The molecule has 140 heavy (non-hydrogen) atoms. The van der Waals surface area contributed by atoms with Crippen LogP contribution in [0.15, 0.2) is 288 Å². The molecule has 13 aromatic rings. The molecular weight excluding hydrogens is 2170 g/mol. The van der Waals surface area contributed by atoms with Crippen molar-refractivity contribution in [2.75, 3.05) is 26.5 Å². The molecule has 0 aliphatic rings. The first kappa shape index (κ1) is 125. The summed E-state index contributed by atoms with van der Waals surface area (Å²) in [6.07, 6.45) is 19.2. The average molecular weight is 2290 g/mol. The minimum atomic E-state index is -1.86. The van der Waals surface area contributed by atoms with Crippen LogP contribution in [-0.2, 0) is 66.6 Å². The van der Waals surface area contributed by atoms with Gasteiger partial charge in [-0.25, -0.2) is 31.2 Å². The molecule has 0 saturated heterocycles. The maximum atomic E-state index is 13.5. The number of anilines is 1. The van der Waals surface area contributed by atoms with Crippen molar-refractivity contribution in [1.29, 1.82) is 0 Å². The fourth-order valence-electron chi connectivity index (χ4n) is 11.0. The quantitative estimate of drug-likeness (QED) is 0.00785. The van der Waals surface area contributed by atoms with Crippen LogP contribution in [0.1, 0.15) is 172 Å². The number of carbonyl (C=O) groups is 6. The molecule has 0 unspecified atom stereocenters. The molecule has 6 aromatic carbocycles. The van der Waals surface area contributed by atoms with Crippen LogP contribution in [0.4, 0.5) is 32.3 Å².